The van der Waals surface area contributed by atoms with Crippen molar-refractivity contribution < 1.29 is 14.3 Å². The topological polar surface area (TPSA) is 90.0 Å². The van der Waals surface area contributed by atoms with Crippen molar-refractivity contribution in [3.05, 3.63) is 71.4 Å². The maximum absolute atomic E-state index is 12.5. The second-order valence-electron chi connectivity index (χ2n) is 6.99. The molecule has 3 aromatic heterocycles. The van der Waals surface area contributed by atoms with E-state index in [4.69, 9.17) is 9.47 Å². The molecule has 0 aliphatic rings. The molecule has 0 saturated carbocycles. The Bertz CT molecular complexity index is 1200. The average molecular weight is 402 g/mol. The van der Waals surface area contributed by atoms with Gasteiger partial charge < -0.3 is 9.47 Å². The Morgan fingerprint density at radius 3 is 2.63 bits per heavy atom. The van der Waals surface area contributed by atoms with Crippen LogP contribution in [0.2, 0.25) is 0 Å². The molecule has 0 amide bonds. The number of hydrogen-bond acceptors (Lipinski definition) is 6. The quantitative estimate of drug-likeness (QED) is 0.455. The number of H-pyrrole nitrogens is 1. The number of fused-ring (bicyclic) bond motifs is 1. The third-order valence-electron chi connectivity index (χ3n) is 4.87. The number of benzene rings is 1. The van der Waals surface area contributed by atoms with Crippen LogP contribution in [0, 0.1) is 13.8 Å². The van der Waals surface area contributed by atoms with E-state index in [1.54, 1.807) is 24.5 Å². The summed E-state index contributed by atoms with van der Waals surface area (Å²) in [5.74, 6) is 1.63. The number of aromatic nitrogens is 4. The van der Waals surface area contributed by atoms with Crippen LogP contribution in [0.15, 0.2) is 48.9 Å². The zero-order valence-corrected chi connectivity index (χ0v) is 17.1. The number of hydrogen-bond donors (Lipinski definition) is 1. The SMILES string of the molecule is CCOc1cn[nH]c1C(=O)Cc1ccc(Oc2ccnc3cc(C)c(C)cc23)cn1. The van der Waals surface area contributed by atoms with Crippen molar-refractivity contribution in [3.8, 4) is 17.2 Å². The molecular formula is C23H22N4O3. The predicted molar refractivity (Wildman–Crippen MR) is 113 cm³/mol. The molecular weight excluding hydrogens is 380 g/mol. The minimum Gasteiger partial charge on any atom is -0.490 e. The first kappa shape index (κ1) is 19.6. The van der Waals surface area contributed by atoms with Crippen molar-refractivity contribution in [2.45, 2.75) is 27.2 Å². The Balaban J connectivity index is 1.50. The molecule has 0 aliphatic carbocycles. The molecule has 0 spiro atoms. The average Bonchev–Trinajstić information content (AvgIpc) is 3.20. The van der Waals surface area contributed by atoms with Crippen molar-refractivity contribution in [1.29, 1.82) is 0 Å². The highest BCUT2D eigenvalue weighted by molar-refractivity contribution is 5.97. The monoisotopic (exact) mass is 402 g/mol. The molecule has 7 heteroatoms. The first-order chi connectivity index (χ1) is 14.5. The number of carbonyl (C=O) groups excluding carboxylic acids is 1. The molecule has 1 N–H and O–H groups in total. The summed E-state index contributed by atoms with van der Waals surface area (Å²) in [5, 5.41) is 7.53. The van der Waals surface area contributed by atoms with E-state index >= 15 is 0 Å². The molecule has 1 aromatic carbocycles. The highest BCUT2D eigenvalue weighted by Gasteiger charge is 2.16. The van der Waals surface area contributed by atoms with Gasteiger partial charge in [-0.25, -0.2) is 0 Å². The van der Waals surface area contributed by atoms with E-state index in [1.807, 2.05) is 13.0 Å². The van der Waals surface area contributed by atoms with Gasteiger partial charge in [-0.2, -0.15) is 5.10 Å². The summed E-state index contributed by atoms with van der Waals surface area (Å²) >= 11 is 0. The number of nitrogens with one attached hydrogen (secondary N) is 1. The first-order valence-electron chi connectivity index (χ1n) is 9.73. The van der Waals surface area contributed by atoms with Gasteiger partial charge in [-0.05, 0) is 62.2 Å². The van der Waals surface area contributed by atoms with E-state index in [1.165, 1.54) is 17.3 Å². The van der Waals surface area contributed by atoms with Crippen LogP contribution in [0.3, 0.4) is 0 Å². The third-order valence-corrected chi connectivity index (χ3v) is 4.87. The van der Waals surface area contributed by atoms with Crippen molar-refractivity contribution in [3.63, 3.8) is 0 Å². The Morgan fingerprint density at radius 2 is 1.87 bits per heavy atom. The maximum Gasteiger partial charge on any atom is 0.190 e. The predicted octanol–water partition coefficient (Wildman–Crippen LogP) is 4.59. The summed E-state index contributed by atoms with van der Waals surface area (Å²) < 4.78 is 11.5. The van der Waals surface area contributed by atoms with Crippen LogP contribution in [0.1, 0.15) is 34.2 Å². The van der Waals surface area contributed by atoms with Crippen molar-refractivity contribution in [2.24, 2.45) is 0 Å². The van der Waals surface area contributed by atoms with Gasteiger partial charge in [0.1, 0.15) is 17.2 Å². The first-order valence-corrected chi connectivity index (χ1v) is 9.73. The number of ketones is 1. The number of Topliss-reactive ketones (excluding diaryl/α,β-unsaturated/α-hetero) is 1. The van der Waals surface area contributed by atoms with E-state index in [0.29, 0.717) is 35.2 Å². The molecule has 7 nitrogen and oxygen atoms in total. The zero-order valence-electron chi connectivity index (χ0n) is 17.1. The molecule has 152 valence electrons. The lowest BCUT2D eigenvalue weighted by Gasteiger charge is -2.10. The number of nitrogens with zero attached hydrogens (tertiary/aromatic N) is 3. The van der Waals surface area contributed by atoms with Crippen LogP contribution in [-0.2, 0) is 6.42 Å². The van der Waals surface area contributed by atoms with Gasteiger partial charge in [0.05, 0.1) is 30.9 Å². The Hall–Kier alpha value is -3.74. The van der Waals surface area contributed by atoms with Crippen LogP contribution >= 0.6 is 0 Å². The minimum absolute atomic E-state index is 0.136. The Labute approximate surface area is 174 Å². The number of pyridine rings is 2. The van der Waals surface area contributed by atoms with Gasteiger partial charge in [0.2, 0.25) is 0 Å². The standard InChI is InChI=1S/C23H22N4O3/c1-4-29-22-13-26-27-23(22)20(28)11-16-5-6-17(12-25-16)30-21-7-8-24-19-10-15(3)14(2)9-18(19)21/h5-10,12-13H,4,11H2,1-3H3,(H,26,27). The molecule has 0 aliphatic heterocycles. The van der Waals surface area contributed by atoms with Crippen LogP contribution in [0.4, 0.5) is 0 Å². The minimum atomic E-state index is -0.136. The van der Waals surface area contributed by atoms with Gasteiger partial charge in [-0.3, -0.25) is 19.9 Å². The number of aryl methyl sites for hydroxylation is 2. The Kier molecular flexibility index (Phi) is 5.43. The van der Waals surface area contributed by atoms with E-state index in [-0.39, 0.29) is 12.2 Å². The maximum atomic E-state index is 12.5. The van der Waals surface area contributed by atoms with Gasteiger partial charge in [0, 0.05) is 17.3 Å². The number of aromatic amines is 1. The molecule has 0 radical (unpaired) electrons. The summed E-state index contributed by atoms with van der Waals surface area (Å²) in [4.78, 5) is 21.3. The number of rotatable bonds is 7. The molecule has 30 heavy (non-hydrogen) atoms. The lowest BCUT2D eigenvalue weighted by Crippen LogP contribution is -2.08. The summed E-state index contributed by atoms with van der Waals surface area (Å²) in [7, 11) is 0. The molecule has 4 rings (SSSR count). The van der Waals surface area contributed by atoms with E-state index in [9.17, 15) is 4.79 Å². The summed E-state index contributed by atoms with van der Waals surface area (Å²) in [6, 6.07) is 9.55. The van der Waals surface area contributed by atoms with Gasteiger partial charge in [0.15, 0.2) is 11.5 Å². The molecule has 0 atom stereocenters. The molecule has 0 fully saturated rings. The molecule has 0 bridgehead atoms. The van der Waals surface area contributed by atoms with E-state index < -0.39 is 0 Å². The third kappa shape index (κ3) is 4.00. The van der Waals surface area contributed by atoms with Gasteiger partial charge in [-0.15, -0.1) is 0 Å². The fraction of sp³-hybridized carbons (Fsp3) is 0.217. The largest absolute Gasteiger partial charge is 0.490 e. The van der Waals surface area contributed by atoms with Crippen LogP contribution in [0.25, 0.3) is 10.9 Å². The highest BCUT2D eigenvalue weighted by Crippen LogP contribution is 2.30. The summed E-state index contributed by atoms with van der Waals surface area (Å²) in [5.41, 5.74) is 4.24. The van der Waals surface area contributed by atoms with Crippen LogP contribution < -0.4 is 9.47 Å². The number of ether oxygens (including phenoxy) is 2. The van der Waals surface area contributed by atoms with Gasteiger partial charge in [-0.1, -0.05) is 0 Å². The molecule has 4 aromatic rings. The lowest BCUT2D eigenvalue weighted by atomic mass is 10.1. The summed E-state index contributed by atoms with van der Waals surface area (Å²) in [6.45, 7) is 6.45. The van der Waals surface area contributed by atoms with Crippen molar-refractivity contribution >= 4 is 16.7 Å². The molecule has 0 unspecified atom stereocenters. The Morgan fingerprint density at radius 1 is 1.03 bits per heavy atom. The highest BCUT2D eigenvalue weighted by atomic mass is 16.5. The van der Waals surface area contributed by atoms with E-state index in [0.717, 1.165) is 10.9 Å². The van der Waals surface area contributed by atoms with Gasteiger partial charge >= 0.3 is 0 Å². The fourth-order valence-electron chi connectivity index (χ4n) is 3.16. The normalized spacial score (nSPS) is 10.9. The second-order valence-corrected chi connectivity index (χ2v) is 6.99. The van der Waals surface area contributed by atoms with Crippen molar-refractivity contribution in [1.82, 2.24) is 20.2 Å². The second kappa shape index (κ2) is 8.32. The zero-order chi connectivity index (χ0) is 21.1. The number of carbonyl (C=O) groups is 1. The van der Waals surface area contributed by atoms with Crippen LogP contribution in [0.5, 0.6) is 17.2 Å². The smallest absolute Gasteiger partial charge is 0.190 e. The van der Waals surface area contributed by atoms with Crippen molar-refractivity contribution in [2.75, 3.05) is 6.61 Å². The lowest BCUT2D eigenvalue weighted by molar-refractivity contribution is 0.0983. The van der Waals surface area contributed by atoms with Crippen LogP contribution in [-0.4, -0.2) is 32.6 Å². The van der Waals surface area contributed by atoms with Gasteiger partial charge in [0.25, 0.3) is 0 Å². The molecule has 3 heterocycles. The summed E-state index contributed by atoms with van der Waals surface area (Å²) in [6.07, 6.45) is 4.99. The molecule has 0 saturated heterocycles. The fourth-order valence-corrected chi connectivity index (χ4v) is 3.16. The van der Waals surface area contributed by atoms with E-state index in [2.05, 4.69) is 46.1 Å².